The molecule has 0 aliphatic carbocycles. The van der Waals surface area contributed by atoms with E-state index in [2.05, 4.69) is 34.6 Å². The van der Waals surface area contributed by atoms with Gasteiger partial charge in [-0.1, -0.05) is 12.1 Å². The number of hydrogen-bond donors (Lipinski definition) is 1. The molecule has 1 atom stereocenters. The molecule has 1 spiro atoms. The van der Waals surface area contributed by atoms with Gasteiger partial charge in [-0.05, 0) is 63.8 Å². The van der Waals surface area contributed by atoms with E-state index in [-0.39, 0.29) is 17.0 Å². The Morgan fingerprint density at radius 3 is 2.52 bits per heavy atom. The summed E-state index contributed by atoms with van der Waals surface area (Å²) in [7, 11) is 0. The third-order valence-electron chi connectivity index (χ3n) is 7.52. The van der Waals surface area contributed by atoms with Gasteiger partial charge < -0.3 is 10.6 Å². The second-order valence-corrected chi connectivity index (χ2v) is 9.21. The number of nitrogens with zero attached hydrogens (tertiary/aromatic N) is 5. The van der Waals surface area contributed by atoms with Gasteiger partial charge in [0.1, 0.15) is 11.6 Å². The van der Waals surface area contributed by atoms with E-state index >= 15 is 0 Å². The molecule has 4 heterocycles. The van der Waals surface area contributed by atoms with E-state index in [4.69, 9.17) is 10.7 Å². The molecule has 2 aliphatic heterocycles. The maximum Gasteiger partial charge on any atom is 0.263 e. The van der Waals surface area contributed by atoms with Crippen LogP contribution in [0.1, 0.15) is 47.1 Å². The number of rotatable bonds is 2. The molecule has 31 heavy (non-hydrogen) atoms. The Hall–Kier alpha value is -2.93. The number of benzene rings is 1. The van der Waals surface area contributed by atoms with Crippen LogP contribution in [0.5, 0.6) is 0 Å². The Morgan fingerprint density at radius 1 is 1.06 bits per heavy atom. The van der Waals surface area contributed by atoms with Crippen molar-refractivity contribution in [1.29, 1.82) is 0 Å². The lowest BCUT2D eigenvalue weighted by atomic mass is 9.73. The summed E-state index contributed by atoms with van der Waals surface area (Å²) in [6.45, 7) is 10.5. The van der Waals surface area contributed by atoms with Crippen molar-refractivity contribution in [1.82, 2.24) is 19.3 Å². The lowest BCUT2D eigenvalue weighted by molar-refractivity contribution is 0.170. The standard InChI is InChI=1S/C24H30N6O/c1-15-6-5-7-19(16(15)2)30-18(4)27-22(17(3)23(30)31)28-12-9-24(10-13-28)14-29-20(21(24)25)8-11-26-29/h5-8,11,21H,9-10,12-14,25H2,1-4H3/t21-/m1/s1. The molecule has 2 aromatic heterocycles. The summed E-state index contributed by atoms with van der Waals surface area (Å²) < 4.78 is 3.80. The molecule has 7 nitrogen and oxygen atoms in total. The summed E-state index contributed by atoms with van der Waals surface area (Å²) >= 11 is 0. The summed E-state index contributed by atoms with van der Waals surface area (Å²) in [6.07, 6.45) is 3.77. The lowest BCUT2D eigenvalue weighted by Gasteiger charge is -2.42. The minimum Gasteiger partial charge on any atom is -0.356 e. The monoisotopic (exact) mass is 418 g/mol. The molecular weight excluding hydrogens is 388 g/mol. The molecule has 0 bridgehead atoms. The van der Waals surface area contributed by atoms with Gasteiger partial charge in [0.05, 0.1) is 23.0 Å². The molecule has 0 amide bonds. The molecule has 0 saturated carbocycles. The smallest absolute Gasteiger partial charge is 0.263 e. The summed E-state index contributed by atoms with van der Waals surface area (Å²) in [5.41, 5.74) is 11.7. The van der Waals surface area contributed by atoms with Gasteiger partial charge in [-0.2, -0.15) is 5.10 Å². The summed E-state index contributed by atoms with van der Waals surface area (Å²) in [5, 5.41) is 4.43. The van der Waals surface area contributed by atoms with Crippen LogP contribution < -0.4 is 16.2 Å². The highest BCUT2D eigenvalue weighted by Crippen LogP contribution is 2.47. The number of aromatic nitrogens is 4. The Labute approximate surface area is 182 Å². The third-order valence-corrected chi connectivity index (χ3v) is 7.52. The summed E-state index contributed by atoms with van der Waals surface area (Å²) in [5.74, 6) is 1.53. The first-order valence-electron chi connectivity index (χ1n) is 11.0. The van der Waals surface area contributed by atoms with Crippen LogP contribution in [0.3, 0.4) is 0 Å². The molecule has 2 N–H and O–H groups in total. The van der Waals surface area contributed by atoms with Crippen molar-refractivity contribution in [2.45, 2.75) is 53.1 Å². The van der Waals surface area contributed by atoms with Crippen LogP contribution in [0, 0.1) is 33.1 Å². The first-order chi connectivity index (χ1) is 14.8. The molecule has 1 aromatic carbocycles. The molecule has 1 saturated heterocycles. The van der Waals surface area contributed by atoms with Crippen molar-refractivity contribution in [2.24, 2.45) is 11.1 Å². The van der Waals surface area contributed by atoms with Crippen LogP contribution in [-0.4, -0.2) is 32.4 Å². The van der Waals surface area contributed by atoms with Gasteiger partial charge in [0.25, 0.3) is 5.56 Å². The number of aryl methyl sites for hydroxylation is 2. The van der Waals surface area contributed by atoms with E-state index in [1.165, 1.54) is 5.56 Å². The van der Waals surface area contributed by atoms with Crippen LogP contribution in [0.2, 0.25) is 0 Å². The second-order valence-electron chi connectivity index (χ2n) is 9.21. The highest BCUT2D eigenvalue weighted by Gasteiger charge is 2.47. The zero-order valence-corrected chi connectivity index (χ0v) is 18.7. The first-order valence-corrected chi connectivity index (χ1v) is 11.0. The average Bonchev–Trinajstić information content (AvgIpc) is 3.30. The zero-order valence-electron chi connectivity index (χ0n) is 18.7. The predicted octanol–water partition coefficient (Wildman–Crippen LogP) is 2.96. The molecular formula is C24H30N6O. The number of hydrogen-bond acceptors (Lipinski definition) is 5. The van der Waals surface area contributed by atoms with E-state index in [0.29, 0.717) is 5.56 Å². The molecule has 7 heteroatoms. The van der Waals surface area contributed by atoms with Crippen LogP contribution >= 0.6 is 0 Å². The number of piperidine rings is 1. The van der Waals surface area contributed by atoms with Crippen LogP contribution in [-0.2, 0) is 6.54 Å². The topological polar surface area (TPSA) is 82.0 Å². The van der Waals surface area contributed by atoms with Gasteiger partial charge in [-0.15, -0.1) is 0 Å². The number of nitrogens with two attached hydrogens (primary N) is 1. The fraction of sp³-hybridized carbons (Fsp3) is 0.458. The largest absolute Gasteiger partial charge is 0.356 e. The maximum atomic E-state index is 13.4. The Balaban J connectivity index is 1.44. The molecule has 0 radical (unpaired) electrons. The molecule has 3 aromatic rings. The van der Waals surface area contributed by atoms with E-state index in [9.17, 15) is 4.79 Å². The van der Waals surface area contributed by atoms with Gasteiger partial charge >= 0.3 is 0 Å². The second kappa shape index (κ2) is 7.05. The van der Waals surface area contributed by atoms with E-state index < -0.39 is 0 Å². The van der Waals surface area contributed by atoms with Gasteiger partial charge in [-0.3, -0.25) is 14.0 Å². The highest BCUT2D eigenvalue weighted by atomic mass is 16.1. The predicted molar refractivity (Wildman–Crippen MR) is 122 cm³/mol. The minimum absolute atomic E-state index is 0.00851. The maximum absolute atomic E-state index is 13.4. The van der Waals surface area contributed by atoms with E-state index in [1.54, 1.807) is 4.57 Å². The van der Waals surface area contributed by atoms with Crippen molar-refractivity contribution < 1.29 is 0 Å². The van der Waals surface area contributed by atoms with E-state index in [0.717, 1.165) is 61.1 Å². The molecule has 5 rings (SSSR count). The van der Waals surface area contributed by atoms with Crippen molar-refractivity contribution in [3.05, 3.63) is 69.0 Å². The lowest BCUT2D eigenvalue weighted by Crippen LogP contribution is -2.45. The Morgan fingerprint density at radius 2 is 1.81 bits per heavy atom. The van der Waals surface area contributed by atoms with Crippen molar-refractivity contribution >= 4 is 5.82 Å². The minimum atomic E-state index is 0.00851. The third kappa shape index (κ3) is 2.94. The molecule has 1 fully saturated rings. The van der Waals surface area contributed by atoms with E-state index in [1.807, 2.05) is 38.2 Å². The Kier molecular flexibility index (Phi) is 4.55. The average molecular weight is 419 g/mol. The highest BCUT2D eigenvalue weighted by molar-refractivity contribution is 5.51. The van der Waals surface area contributed by atoms with Gasteiger partial charge in [-0.25, -0.2) is 4.98 Å². The fourth-order valence-corrected chi connectivity index (χ4v) is 5.35. The van der Waals surface area contributed by atoms with Crippen molar-refractivity contribution in [3.63, 3.8) is 0 Å². The SMILES string of the molecule is Cc1cccc(-n2c(C)nc(N3CCC4(CC3)Cn3nccc3[C@H]4N)c(C)c2=O)c1C. The molecule has 2 aliphatic rings. The fourth-order valence-electron chi connectivity index (χ4n) is 5.35. The van der Waals surface area contributed by atoms with Gasteiger partial charge in [0, 0.05) is 31.2 Å². The van der Waals surface area contributed by atoms with Gasteiger partial charge in [0.2, 0.25) is 0 Å². The van der Waals surface area contributed by atoms with Crippen LogP contribution in [0.15, 0.2) is 35.3 Å². The number of anilines is 1. The Bertz CT molecular complexity index is 1220. The number of fused-ring (bicyclic) bond motifs is 1. The normalized spacial score (nSPS) is 19.8. The van der Waals surface area contributed by atoms with Crippen LogP contribution in [0.4, 0.5) is 5.82 Å². The summed E-state index contributed by atoms with van der Waals surface area (Å²) in [6, 6.07) is 8.11. The van der Waals surface area contributed by atoms with Crippen LogP contribution in [0.25, 0.3) is 5.69 Å². The first kappa shape index (κ1) is 20.0. The molecule has 0 unspecified atom stereocenters. The van der Waals surface area contributed by atoms with Crippen molar-refractivity contribution in [3.8, 4) is 5.69 Å². The van der Waals surface area contributed by atoms with Crippen molar-refractivity contribution in [2.75, 3.05) is 18.0 Å². The zero-order chi connectivity index (χ0) is 21.9. The molecule has 162 valence electrons. The summed E-state index contributed by atoms with van der Waals surface area (Å²) in [4.78, 5) is 20.6. The quantitative estimate of drug-likeness (QED) is 0.692. The van der Waals surface area contributed by atoms with Gasteiger partial charge in [0.15, 0.2) is 0 Å².